The number of amides is 2. The number of hydrogen-bond acceptors (Lipinski definition) is 3. The van der Waals surface area contributed by atoms with E-state index in [1.165, 1.54) is 6.07 Å². The smallest absolute Gasteiger partial charge is 0.416 e. The minimum Gasteiger partial charge on any atom is -0.506 e. The number of phenols is 1. The van der Waals surface area contributed by atoms with Gasteiger partial charge in [-0.15, -0.1) is 0 Å². The van der Waals surface area contributed by atoms with Gasteiger partial charge in [-0.2, -0.15) is 13.2 Å². The van der Waals surface area contributed by atoms with Crippen molar-refractivity contribution in [2.24, 2.45) is 0 Å². The molecule has 5 nitrogen and oxygen atoms in total. The molecular formula is C22H15ClF4N2O3. The summed E-state index contributed by atoms with van der Waals surface area (Å²) in [7, 11) is 0. The van der Waals surface area contributed by atoms with Gasteiger partial charge in [-0.3, -0.25) is 9.59 Å². The molecule has 10 heteroatoms. The van der Waals surface area contributed by atoms with Gasteiger partial charge in [0.1, 0.15) is 11.6 Å². The van der Waals surface area contributed by atoms with Crippen LogP contribution in [0.3, 0.4) is 0 Å². The Kier molecular flexibility index (Phi) is 6.40. The number of carbonyl (C=O) groups excluding carboxylic acids is 2. The topological polar surface area (TPSA) is 78.4 Å². The molecule has 0 bridgehead atoms. The van der Waals surface area contributed by atoms with Crippen molar-refractivity contribution in [3.05, 3.63) is 87.7 Å². The maximum atomic E-state index is 14.0. The number of alkyl halides is 3. The van der Waals surface area contributed by atoms with E-state index in [0.717, 1.165) is 11.6 Å². The van der Waals surface area contributed by atoms with Crippen molar-refractivity contribution < 1.29 is 32.3 Å². The van der Waals surface area contributed by atoms with Crippen molar-refractivity contribution in [1.82, 2.24) is 0 Å². The molecule has 3 rings (SSSR count). The summed E-state index contributed by atoms with van der Waals surface area (Å²) < 4.78 is 52.0. The molecule has 2 amide bonds. The number of anilines is 2. The van der Waals surface area contributed by atoms with Crippen molar-refractivity contribution in [1.29, 1.82) is 0 Å². The molecule has 0 radical (unpaired) electrons. The first-order valence-corrected chi connectivity index (χ1v) is 9.42. The molecule has 3 aromatic rings. The average Bonchev–Trinajstić information content (AvgIpc) is 2.71. The van der Waals surface area contributed by atoms with Crippen LogP contribution in [0, 0.1) is 12.7 Å². The van der Waals surface area contributed by atoms with Gasteiger partial charge in [0, 0.05) is 11.6 Å². The number of phenolic OH excluding ortho intramolecular Hbond substituents is 1. The van der Waals surface area contributed by atoms with Gasteiger partial charge in [0.2, 0.25) is 0 Å². The molecule has 0 saturated heterocycles. The van der Waals surface area contributed by atoms with Crippen molar-refractivity contribution in [2.75, 3.05) is 10.6 Å². The third-order valence-electron chi connectivity index (χ3n) is 4.44. The molecule has 32 heavy (non-hydrogen) atoms. The zero-order valence-electron chi connectivity index (χ0n) is 16.3. The van der Waals surface area contributed by atoms with E-state index >= 15 is 0 Å². The lowest BCUT2D eigenvalue weighted by atomic mass is 10.1. The van der Waals surface area contributed by atoms with Crippen LogP contribution in [-0.2, 0) is 6.18 Å². The fraction of sp³-hybridized carbons (Fsp3) is 0.0909. The zero-order chi connectivity index (χ0) is 23.6. The van der Waals surface area contributed by atoms with Crippen LogP contribution in [0.2, 0.25) is 5.02 Å². The molecule has 0 aliphatic heterocycles. The lowest BCUT2D eigenvalue weighted by Crippen LogP contribution is -2.16. The summed E-state index contributed by atoms with van der Waals surface area (Å²) in [6.07, 6.45) is -4.76. The number of aryl methyl sites for hydroxylation is 1. The third kappa shape index (κ3) is 5.17. The fourth-order valence-corrected chi connectivity index (χ4v) is 2.93. The van der Waals surface area contributed by atoms with Gasteiger partial charge < -0.3 is 15.7 Å². The van der Waals surface area contributed by atoms with Gasteiger partial charge in [-0.05, 0) is 43.3 Å². The standard InChI is InChI=1S/C22H15ClF4N2O3/c1-11-2-4-12(5-3-11)20(31)29-18-9-15(23)17(10-19(18)30)28-21(32)14-7-6-13(8-16(14)24)22(25,26)27/h2-10,30H,1H3,(H,28,32)(H,29,31). The summed E-state index contributed by atoms with van der Waals surface area (Å²) in [6, 6.07) is 10.3. The molecule has 3 aromatic carbocycles. The molecular weight excluding hydrogens is 452 g/mol. The first-order chi connectivity index (χ1) is 15.0. The van der Waals surface area contributed by atoms with Crippen LogP contribution in [0.4, 0.5) is 28.9 Å². The lowest BCUT2D eigenvalue weighted by molar-refractivity contribution is -0.137. The number of halogens is 5. The Morgan fingerprint density at radius 1 is 0.906 bits per heavy atom. The number of benzene rings is 3. The zero-order valence-corrected chi connectivity index (χ0v) is 17.1. The van der Waals surface area contributed by atoms with Crippen molar-refractivity contribution >= 4 is 34.8 Å². The van der Waals surface area contributed by atoms with E-state index in [9.17, 15) is 32.3 Å². The van der Waals surface area contributed by atoms with Gasteiger partial charge >= 0.3 is 6.18 Å². The van der Waals surface area contributed by atoms with Crippen LogP contribution in [0.1, 0.15) is 31.8 Å². The van der Waals surface area contributed by atoms with Crippen LogP contribution < -0.4 is 10.6 Å². The monoisotopic (exact) mass is 466 g/mol. The normalized spacial score (nSPS) is 11.2. The van der Waals surface area contributed by atoms with Crippen molar-refractivity contribution in [3.8, 4) is 5.75 Å². The molecule has 0 unspecified atom stereocenters. The number of rotatable bonds is 4. The highest BCUT2D eigenvalue weighted by Gasteiger charge is 2.31. The molecule has 0 heterocycles. The van der Waals surface area contributed by atoms with E-state index in [4.69, 9.17) is 11.6 Å². The Morgan fingerprint density at radius 2 is 1.53 bits per heavy atom. The largest absolute Gasteiger partial charge is 0.506 e. The van der Waals surface area contributed by atoms with Gasteiger partial charge in [-0.1, -0.05) is 29.3 Å². The lowest BCUT2D eigenvalue weighted by Gasteiger charge is -2.13. The van der Waals surface area contributed by atoms with Crippen LogP contribution >= 0.6 is 11.6 Å². The summed E-state index contributed by atoms with van der Waals surface area (Å²) in [6.45, 7) is 1.86. The summed E-state index contributed by atoms with van der Waals surface area (Å²) in [5.41, 5.74) is -0.777. The van der Waals surface area contributed by atoms with E-state index < -0.39 is 40.7 Å². The van der Waals surface area contributed by atoms with Crippen molar-refractivity contribution in [3.63, 3.8) is 0 Å². The quantitative estimate of drug-likeness (QED) is 0.325. The second-order valence-corrected chi connectivity index (χ2v) is 7.22. The Bertz CT molecular complexity index is 1200. The van der Waals surface area contributed by atoms with E-state index in [1.54, 1.807) is 24.3 Å². The molecule has 0 fully saturated rings. The second-order valence-electron chi connectivity index (χ2n) is 6.82. The van der Waals surface area contributed by atoms with E-state index in [1.807, 2.05) is 6.92 Å². The van der Waals surface area contributed by atoms with Gasteiger partial charge in [0.25, 0.3) is 11.8 Å². The fourth-order valence-electron chi connectivity index (χ4n) is 2.72. The highest BCUT2D eigenvalue weighted by atomic mass is 35.5. The predicted octanol–water partition coefficient (Wildman–Crippen LogP) is 6.02. The highest BCUT2D eigenvalue weighted by Crippen LogP contribution is 2.35. The SMILES string of the molecule is Cc1ccc(C(=O)Nc2cc(Cl)c(NC(=O)c3ccc(C(F)(F)F)cc3F)cc2O)cc1. The molecule has 0 atom stereocenters. The van der Waals surface area contributed by atoms with Crippen LogP contribution in [0.5, 0.6) is 5.75 Å². The summed E-state index contributed by atoms with van der Waals surface area (Å²) in [4.78, 5) is 24.6. The minimum absolute atomic E-state index is 0.0423. The molecule has 166 valence electrons. The predicted molar refractivity (Wildman–Crippen MR) is 112 cm³/mol. The number of nitrogens with one attached hydrogen (secondary N) is 2. The second kappa shape index (κ2) is 8.88. The number of hydrogen-bond donors (Lipinski definition) is 3. The minimum atomic E-state index is -4.76. The van der Waals surface area contributed by atoms with E-state index in [0.29, 0.717) is 17.7 Å². The molecule has 0 aromatic heterocycles. The Labute approximate surface area is 184 Å². The Morgan fingerprint density at radius 3 is 2.12 bits per heavy atom. The van der Waals surface area contributed by atoms with Crippen LogP contribution in [-0.4, -0.2) is 16.9 Å². The summed E-state index contributed by atoms with van der Waals surface area (Å²) >= 11 is 6.09. The highest BCUT2D eigenvalue weighted by molar-refractivity contribution is 6.34. The van der Waals surface area contributed by atoms with Gasteiger partial charge in [0.05, 0.1) is 27.5 Å². The first-order valence-electron chi connectivity index (χ1n) is 9.04. The molecule has 0 aliphatic rings. The number of aromatic hydroxyl groups is 1. The van der Waals surface area contributed by atoms with E-state index in [2.05, 4.69) is 10.6 Å². The maximum absolute atomic E-state index is 14.0. The summed E-state index contributed by atoms with van der Waals surface area (Å²) in [5.74, 6) is -3.41. The maximum Gasteiger partial charge on any atom is 0.416 e. The molecule has 0 saturated carbocycles. The molecule has 0 spiro atoms. The van der Waals surface area contributed by atoms with E-state index in [-0.39, 0.29) is 22.5 Å². The Balaban J connectivity index is 1.78. The molecule has 3 N–H and O–H groups in total. The van der Waals surface area contributed by atoms with Crippen LogP contribution in [0.15, 0.2) is 54.6 Å². The third-order valence-corrected chi connectivity index (χ3v) is 4.75. The van der Waals surface area contributed by atoms with Crippen molar-refractivity contribution in [2.45, 2.75) is 13.1 Å². The average molecular weight is 467 g/mol. The number of carbonyl (C=O) groups is 2. The van der Waals surface area contributed by atoms with Gasteiger partial charge in [-0.25, -0.2) is 4.39 Å². The summed E-state index contributed by atoms with van der Waals surface area (Å²) in [5, 5.41) is 14.8. The Hall–Kier alpha value is -3.59. The first kappa shape index (κ1) is 23.1. The van der Waals surface area contributed by atoms with Crippen LogP contribution in [0.25, 0.3) is 0 Å². The molecule has 0 aliphatic carbocycles. The van der Waals surface area contributed by atoms with Gasteiger partial charge in [0.15, 0.2) is 0 Å².